The zero-order valence-electron chi connectivity index (χ0n) is 11.4. The molecule has 110 valence electrons. The van der Waals surface area contributed by atoms with Gasteiger partial charge in [0.15, 0.2) is 5.82 Å². The van der Waals surface area contributed by atoms with Gasteiger partial charge in [-0.15, -0.1) is 0 Å². The smallest absolute Gasteiger partial charge is 0.298 e. The van der Waals surface area contributed by atoms with E-state index in [4.69, 9.17) is 0 Å². The number of nitro benzene ring substituents is 1. The summed E-state index contributed by atoms with van der Waals surface area (Å²) < 4.78 is 26.9. The van der Waals surface area contributed by atoms with Gasteiger partial charge in [0.05, 0.1) is 11.0 Å². The SMILES string of the molecule is CC(Nc1c(F)cc(F)cc1[N+](=O)[O-])C1CCCCC1. The minimum Gasteiger partial charge on any atom is -0.374 e. The van der Waals surface area contributed by atoms with Crippen LogP contribution >= 0.6 is 0 Å². The van der Waals surface area contributed by atoms with Gasteiger partial charge in [0, 0.05) is 12.1 Å². The third-order valence-electron chi connectivity index (χ3n) is 3.96. The zero-order valence-corrected chi connectivity index (χ0v) is 11.4. The highest BCUT2D eigenvalue weighted by Crippen LogP contribution is 2.33. The first kappa shape index (κ1) is 14.7. The Kier molecular flexibility index (Phi) is 4.52. The summed E-state index contributed by atoms with van der Waals surface area (Å²) in [5.41, 5.74) is -0.764. The first-order valence-corrected chi connectivity index (χ1v) is 6.89. The first-order valence-electron chi connectivity index (χ1n) is 6.89. The molecular weight excluding hydrogens is 266 g/mol. The van der Waals surface area contributed by atoms with Crippen molar-refractivity contribution in [3.05, 3.63) is 33.9 Å². The summed E-state index contributed by atoms with van der Waals surface area (Å²) in [6.45, 7) is 1.89. The van der Waals surface area contributed by atoms with Gasteiger partial charge in [-0.2, -0.15) is 0 Å². The number of hydrogen-bond donors (Lipinski definition) is 1. The van der Waals surface area contributed by atoms with Gasteiger partial charge >= 0.3 is 0 Å². The standard InChI is InChI=1S/C14H18F2N2O2/c1-9(10-5-3-2-4-6-10)17-14-12(16)7-11(15)8-13(14)18(19)20/h7-10,17H,2-6H2,1H3. The molecule has 4 nitrogen and oxygen atoms in total. The van der Waals surface area contributed by atoms with E-state index >= 15 is 0 Å². The van der Waals surface area contributed by atoms with Crippen LogP contribution in [-0.2, 0) is 0 Å². The molecule has 6 heteroatoms. The van der Waals surface area contributed by atoms with E-state index in [0.717, 1.165) is 31.7 Å². The maximum atomic E-state index is 13.8. The van der Waals surface area contributed by atoms with Crippen molar-refractivity contribution < 1.29 is 13.7 Å². The molecule has 0 bridgehead atoms. The number of nitrogens with one attached hydrogen (secondary N) is 1. The Bertz CT molecular complexity index is 502. The van der Waals surface area contributed by atoms with Crippen molar-refractivity contribution in [1.82, 2.24) is 0 Å². The predicted molar refractivity (Wildman–Crippen MR) is 72.7 cm³/mol. The van der Waals surface area contributed by atoms with Crippen LogP contribution in [0.4, 0.5) is 20.2 Å². The highest BCUT2D eigenvalue weighted by atomic mass is 19.1. The van der Waals surface area contributed by atoms with Crippen LogP contribution in [-0.4, -0.2) is 11.0 Å². The molecule has 20 heavy (non-hydrogen) atoms. The van der Waals surface area contributed by atoms with Crippen LogP contribution in [0.15, 0.2) is 12.1 Å². The van der Waals surface area contributed by atoms with Crippen LogP contribution in [0, 0.1) is 27.7 Å². The van der Waals surface area contributed by atoms with Crippen molar-refractivity contribution in [2.75, 3.05) is 5.32 Å². The van der Waals surface area contributed by atoms with Crippen molar-refractivity contribution >= 4 is 11.4 Å². The molecule has 2 rings (SSSR count). The van der Waals surface area contributed by atoms with Crippen LogP contribution in [0.3, 0.4) is 0 Å². The van der Waals surface area contributed by atoms with Gasteiger partial charge in [-0.05, 0) is 25.7 Å². The Hall–Kier alpha value is -1.72. The number of rotatable bonds is 4. The van der Waals surface area contributed by atoms with Gasteiger partial charge < -0.3 is 5.32 Å². The predicted octanol–water partition coefficient (Wildman–Crippen LogP) is 4.25. The monoisotopic (exact) mass is 284 g/mol. The van der Waals surface area contributed by atoms with Gasteiger partial charge in [-0.25, -0.2) is 8.78 Å². The lowest BCUT2D eigenvalue weighted by atomic mass is 9.84. The summed E-state index contributed by atoms with van der Waals surface area (Å²) in [7, 11) is 0. The van der Waals surface area contributed by atoms with Gasteiger partial charge in [0.25, 0.3) is 5.69 Å². The van der Waals surface area contributed by atoms with Crippen molar-refractivity contribution in [3.8, 4) is 0 Å². The molecule has 0 saturated heterocycles. The van der Waals surface area contributed by atoms with E-state index in [1.807, 2.05) is 6.92 Å². The Labute approximate surface area is 116 Å². The molecule has 1 unspecified atom stereocenters. The quantitative estimate of drug-likeness (QED) is 0.664. The topological polar surface area (TPSA) is 55.2 Å². The molecule has 1 aliphatic carbocycles. The second-order valence-electron chi connectivity index (χ2n) is 5.37. The minimum atomic E-state index is -0.940. The molecule has 1 aromatic carbocycles. The van der Waals surface area contributed by atoms with E-state index in [9.17, 15) is 18.9 Å². The molecule has 0 radical (unpaired) electrons. The van der Waals surface area contributed by atoms with Crippen LogP contribution in [0.1, 0.15) is 39.0 Å². The highest BCUT2D eigenvalue weighted by Gasteiger charge is 2.25. The van der Waals surface area contributed by atoms with Gasteiger partial charge in [0.2, 0.25) is 0 Å². The number of hydrogen-bond acceptors (Lipinski definition) is 3. The van der Waals surface area contributed by atoms with E-state index < -0.39 is 22.2 Å². The summed E-state index contributed by atoms with van der Waals surface area (Å²) in [5.74, 6) is -1.49. The van der Waals surface area contributed by atoms with Crippen molar-refractivity contribution in [1.29, 1.82) is 0 Å². The molecule has 0 aliphatic heterocycles. The van der Waals surface area contributed by atoms with E-state index in [1.165, 1.54) is 6.42 Å². The third-order valence-corrected chi connectivity index (χ3v) is 3.96. The average Bonchev–Trinajstić information content (AvgIpc) is 2.42. The molecule has 0 heterocycles. The fraction of sp³-hybridized carbons (Fsp3) is 0.571. The fourth-order valence-corrected chi connectivity index (χ4v) is 2.83. The number of halogens is 2. The first-order chi connectivity index (χ1) is 9.49. The molecule has 1 atom stereocenters. The Balaban J connectivity index is 2.21. The van der Waals surface area contributed by atoms with Crippen molar-refractivity contribution in [3.63, 3.8) is 0 Å². The second kappa shape index (κ2) is 6.15. The summed E-state index contributed by atoms with van der Waals surface area (Å²) in [5, 5.41) is 13.8. The van der Waals surface area contributed by atoms with Gasteiger partial charge in [0.1, 0.15) is 11.5 Å². The molecule has 1 aromatic rings. The summed E-state index contributed by atoms with van der Waals surface area (Å²) in [6, 6.07) is 1.34. The van der Waals surface area contributed by atoms with Gasteiger partial charge in [-0.3, -0.25) is 10.1 Å². The number of anilines is 1. The van der Waals surface area contributed by atoms with Gasteiger partial charge in [-0.1, -0.05) is 19.3 Å². The molecule has 1 fully saturated rings. The molecule has 0 aromatic heterocycles. The molecular formula is C14H18F2N2O2. The number of benzene rings is 1. The Morgan fingerprint density at radius 3 is 2.55 bits per heavy atom. The van der Waals surface area contributed by atoms with E-state index in [0.29, 0.717) is 12.0 Å². The van der Waals surface area contributed by atoms with E-state index in [1.54, 1.807) is 0 Å². The third kappa shape index (κ3) is 3.23. The van der Waals surface area contributed by atoms with E-state index in [2.05, 4.69) is 5.32 Å². The summed E-state index contributed by atoms with van der Waals surface area (Å²) >= 11 is 0. The molecule has 1 N–H and O–H groups in total. The summed E-state index contributed by atoms with van der Waals surface area (Å²) in [6.07, 6.45) is 5.53. The van der Waals surface area contributed by atoms with E-state index in [-0.39, 0.29) is 11.7 Å². The number of nitrogens with zero attached hydrogens (tertiary/aromatic N) is 1. The molecule has 0 amide bonds. The highest BCUT2D eigenvalue weighted by molar-refractivity contribution is 5.62. The lowest BCUT2D eigenvalue weighted by Crippen LogP contribution is -2.28. The van der Waals surface area contributed by atoms with Crippen molar-refractivity contribution in [2.24, 2.45) is 5.92 Å². The largest absolute Gasteiger partial charge is 0.374 e. The molecule has 1 aliphatic rings. The average molecular weight is 284 g/mol. The lowest BCUT2D eigenvalue weighted by Gasteiger charge is -2.28. The fourth-order valence-electron chi connectivity index (χ4n) is 2.83. The Morgan fingerprint density at radius 2 is 1.95 bits per heavy atom. The van der Waals surface area contributed by atoms with Crippen LogP contribution in [0.25, 0.3) is 0 Å². The van der Waals surface area contributed by atoms with Crippen LogP contribution in [0.2, 0.25) is 0 Å². The lowest BCUT2D eigenvalue weighted by molar-refractivity contribution is -0.384. The van der Waals surface area contributed by atoms with Crippen molar-refractivity contribution in [2.45, 2.75) is 45.1 Å². The molecule has 0 spiro atoms. The second-order valence-corrected chi connectivity index (χ2v) is 5.37. The zero-order chi connectivity index (χ0) is 14.7. The summed E-state index contributed by atoms with van der Waals surface area (Å²) in [4.78, 5) is 10.2. The number of nitro groups is 1. The normalized spacial score (nSPS) is 17.8. The molecule has 1 saturated carbocycles. The maximum Gasteiger partial charge on any atom is 0.298 e. The van der Waals surface area contributed by atoms with Crippen LogP contribution in [0.5, 0.6) is 0 Å². The van der Waals surface area contributed by atoms with Crippen LogP contribution < -0.4 is 5.32 Å². The minimum absolute atomic E-state index is 0.0750. The Morgan fingerprint density at radius 1 is 1.30 bits per heavy atom. The maximum absolute atomic E-state index is 13.8.